The van der Waals surface area contributed by atoms with Crippen molar-refractivity contribution in [3.63, 3.8) is 0 Å². The van der Waals surface area contributed by atoms with E-state index in [0.717, 1.165) is 17.5 Å². The third-order valence-electron chi connectivity index (χ3n) is 4.27. The topological polar surface area (TPSA) is 97.0 Å². The van der Waals surface area contributed by atoms with E-state index in [1.165, 1.54) is 0 Å². The summed E-state index contributed by atoms with van der Waals surface area (Å²) in [6, 6.07) is 17.0. The highest BCUT2D eigenvalue weighted by atomic mass is 16.5. The largest absolute Gasteiger partial charge is 0.494 e. The molecular weight excluding hydrogens is 368 g/mol. The molecule has 3 rings (SSSR count). The first-order valence-electron chi connectivity index (χ1n) is 9.65. The van der Waals surface area contributed by atoms with E-state index in [1.54, 1.807) is 0 Å². The molecule has 2 aromatic carbocycles. The molecule has 0 bridgehead atoms. The monoisotopic (exact) mass is 392 g/mol. The van der Waals surface area contributed by atoms with Crippen LogP contribution in [0.25, 0.3) is 11.4 Å². The van der Waals surface area contributed by atoms with Crippen molar-refractivity contribution < 1.29 is 9.53 Å². The van der Waals surface area contributed by atoms with E-state index < -0.39 is 0 Å². The molecule has 0 spiro atoms. The van der Waals surface area contributed by atoms with Crippen LogP contribution in [0.1, 0.15) is 31.0 Å². The predicted octanol–water partition coefficient (Wildman–Crippen LogP) is 2.87. The number of ether oxygens (including phenoxy) is 1. The highest BCUT2D eigenvalue weighted by Crippen LogP contribution is 2.20. The average Bonchev–Trinajstić information content (AvgIpc) is 2.76. The first-order chi connectivity index (χ1) is 14.2. The Morgan fingerprint density at radius 3 is 2.69 bits per heavy atom. The molecule has 1 aromatic heterocycles. The number of benzene rings is 2. The van der Waals surface area contributed by atoms with Gasteiger partial charge in [0.25, 0.3) is 5.56 Å². The minimum atomic E-state index is -0.342. The van der Waals surface area contributed by atoms with Crippen molar-refractivity contribution in [1.82, 2.24) is 20.5 Å². The second-order valence-corrected chi connectivity index (χ2v) is 6.59. The second-order valence-electron chi connectivity index (χ2n) is 6.59. The third-order valence-corrected chi connectivity index (χ3v) is 4.27. The fourth-order valence-corrected chi connectivity index (χ4v) is 2.72. The lowest BCUT2D eigenvalue weighted by Crippen LogP contribution is -2.25. The second kappa shape index (κ2) is 10.2. The van der Waals surface area contributed by atoms with Crippen LogP contribution in [0.5, 0.6) is 5.75 Å². The van der Waals surface area contributed by atoms with E-state index in [4.69, 9.17) is 4.74 Å². The summed E-state index contributed by atoms with van der Waals surface area (Å²) < 4.78 is 5.61. The van der Waals surface area contributed by atoms with Gasteiger partial charge >= 0.3 is 0 Å². The molecule has 150 valence electrons. The minimum absolute atomic E-state index is 0.139. The van der Waals surface area contributed by atoms with Crippen molar-refractivity contribution in [2.75, 3.05) is 6.61 Å². The minimum Gasteiger partial charge on any atom is -0.494 e. The van der Waals surface area contributed by atoms with Crippen LogP contribution in [0, 0.1) is 0 Å². The predicted molar refractivity (Wildman–Crippen MR) is 110 cm³/mol. The molecule has 1 amide bonds. The number of nitrogens with one attached hydrogen (secondary N) is 2. The Hall–Kier alpha value is -3.48. The summed E-state index contributed by atoms with van der Waals surface area (Å²) in [4.78, 5) is 27.1. The molecule has 0 aliphatic carbocycles. The quantitative estimate of drug-likeness (QED) is 0.584. The maximum Gasteiger partial charge on any atom is 0.273 e. The summed E-state index contributed by atoms with van der Waals surface area (Å²) in [6.07, 6.45) is 1.31. The number of carbonyl (C=O) groups is 1. The van der Waals surface area contributed by atoms with Gasteiger partial charge in [-0.05, 0) is 24.1 Å². The zero-order chi connectivity index (χ0) is 20.5. The van der Waals surface area contributed by atoms with Gasteiger partial charge in [-0.2, -0.15) is 0 Å². The van der Waals surface area contributed by atoms with Crippen LogP contribution in [-0.2, 0) is 17.8 Å². The molecule has 3 aromatic rings. The number of H-pyrrole nitrogens is 1. The highest BCUT2D eigenvalue weighted by Gasteiger charge is 2.10. The molecule has 7 heteroatoms. The van der Waals surface area contributed by atoms with Crippen molar-refractivity contribution >= 4 is 5.91 Å². The molecule has 1 heterocycles. The van der Waals surface area contributed by atoms with Crippen molar-refractivity contribution in [3.8, 4) is 17.1 Å². The van der Waals surface area contributed by atoms with Crippen LogP contribution in [0.15, 0.2) is 59.4 Å². The number of nitrogens with zero attached hydrogens (tertiary/aromatic N) is 2. The van der Waals surface area contributed by atoms with Gasteiger partial charge < -0.3 is 15.0 Å². The number of hydrogen-bond acceptors (Lipinski definition) is 5. The van der Waals surface area contributed by atoms with E-state index in [1.807, 2.05) is 61.5 Å². The zero-order valence-electron chi connectivity index (χ0n) is 16.4. The normalized spacial score (nSPS) is 10.5. The van der Waals surface area contributed by atoms with Crippen molar-refractivity contribution in [3.05, 3.63) is 76.2 Å². The highest BCUT2D eigenvalue weighted by molar-refractivity contribution is 5.76. The smallest absolute Gasteiger partial charge is 0.273 e. The lowest BCUT2D eigenvalue weighted by molar-refractivity contribution is -0.121. The van der Waals surface area contributed by atoms with Crippen LogP contribution in [0.2, 0.25) is 0 Å². The van der Waals surface area contributed by atoms with Crippen LogP contribution in [0.3, 0.4) is 0 Å². The van der Waals surface area contributed by atoms with Gasteiger partial charge in [0.15, 0.2) is 5.82 Å². The Bertz CT molecular complexity index is 1000. The molecule has 0 fully saturated rings. The fourth-order valence-electron chi connectivity index (χ4n) is 2.72. The summed E-state index contributed by atoms with van der Waals surface area (Å²) in [5.74, 6) is 0.945. The van der Waals surface area contributed by atoms with E-state index in [-0.39, 0.29) is 30.0 Å². The van der Waals surface area contributed by atoms with E-state index >= 15 is 0 Å². The number of amides is 1. The van der Waals surface area contributed by atoms with Gasteiger partial charge in [0.1, 0.15) is 11.4 Å². The Kier molecular flexibility index (Phi) is 7.10. The zero-order valence-corrected chi connectivity index (χ0v) is 16.4. The average molecular weight is 392 g/mol. The van der Waals surface area contributed by atoms with Crippen molar-refractivity contribution in [1.29, 1.82) is 0 Å². The number of rotatable bonds is 9. The molecule has 29 heavy (non-hydrogen) atoms. The molecular formula is C22H24N4O3. The van der Waals surface area contributed by atoms with Crippen LogP contribution in [-0.4, -0.2) is 27.7 Å². The van der Waals surface area contributed by atoms with Gasteiger partial charge in [-0.1, -0.05) is 49.4 Å². The van der Waals surface area contributed by atoms with Gasteiger partial charge in [-0.25, -0.2) is 0 Å². The van der Waals surface area contributed by atoms with Crippen molar-refractivity contribution in [2.45, 2.75) is 32.7 Å². The van der Waals surface area contributed by atoms with Crippen LogP contribution < -0.4 is 15.6 Å². The molecule has 7 nitrogen and oxygen atoms in total. The van der Waals surface area contributed by atoms with Crippen LogP contribution in [0.4, 0.5) is 0 Å². The van der Waals surface area contributed by atoms with E-state index in [0.29, 0.717) is 24.7 Å². The van der Waals surface area contributed by atoms with Gasteiger partial charge in [0.2, 0.25) is 5.91 Å². The maximum atomic E-state index is 12.3. The Balaban J connectivity index is 1.58. The molecule has 0 radical (unpaired) electrons. The lowest BCUT2D eigenvalue weighted by atomic mass is 10.2. The lowest BCUT2D eigenvalue weighted by Gasteiger charge is -2.07. The number of aromatic nitrogens is 3. The molecule has 0 unspecified atom stereocenters. The SMILES string of the molecule is CCCOc1cccc(-c2nnc(CCC(=O)NCc3ccccc3)c(=O)[nH]2)c1. The summed E-state index contributed by atoms with van der Waals surface area (Å²) in [5, 5.41) is 11.0. The Morgan fingerprint density at radius 1 is 1.10 bits per heavy atom. The number of aryl methyl sites for hydroxylation is 1. The Morgan fingerprint density at radius 2 is 1.93 bits per heavy atom. The summed E-state index contributed by atoms with van der Waals surface area (Å²) in [7, 11) is 0. The van der Waals surface area contributed by atoms with Gasteiger partial charge in [-0.3, -0.25) is 9.59 Å². The maximum absolute atomic E-state index is 12.3. The number of hydrogen-bond donors (Lipinski definition) is 2. The molecule has 0 aliphatic heterocycles. The first kappa shape index (κ1) is 20.3. The standard InChI is InChI=1S/C22H24N4O3/c1-2-13-29-18-10-6-9-17(14-18)21-24-22(28)19(25-26-21)11-12-20(27)23-15-16-7-4-3-5-8-16/h3-10,14H,2,11-13,15H2,1H3,(H,23,27)(H,24,26,28). The van der Waals surface area contributed by atoms with Gasteiger partial charge in [0, 0.05) is 24.9 Å². The summed E-state index contributed by atoms with van der Waals surface area (Å²) in [5.41, 5.74) is 1.64. The van der Waals surface area contributed by atoms with Crippen molar-refractivity contribution in [2.24, 2.45) is 0 Å². The molecule has 2 N–H and O–H groups in total. The third kappa shape index (κ3) is 6.00. The van der Waals surface area contributed by atoms with E-state index in [2.05, 4.69) is 20.5 Å². The fraction of sp³-hybridized carbons (Fsp3) is 0.273. The molecule has 0 atom stereocenters. The summed E-state index contributed by atoms with van der Waals surface area (Å²) >= 11 is 0. The number of aromatic amines is 1. The van der Waals surface area contributed by atoms with Gasteiger partial charge in [-0.15, -0.1) is 10.2 Å². The molecule has 0 aliphatic rings. The Labute approximate surface area is 169 Å². The summed E-state index contributed by atoms with van der Waals surface area (Å²) in [6.45, 7) is 3.11. The van der Waals surface area contributed by atoms with Gasteiger partial charge in [0.05, 0.1) is 6.61 Å². The molecule has 0 saturated carbocycles. The number of carbonyl (C=O) groups excluding carboxylic acids is 1. The first-order valence-corrected chi connectivity index (χ1v) is 9.65. The van der Waals surface area contributed by atoms with Crippen LogP contribution >= 0.6 is 0 Å². The molecule has 0 saturated heterocycles. The van der Waals surface area contributed by atoms with E-state index in [9.17, 15) is 9.59 Å².